The van der Waals surface area contributed by atoms with Gasteiger partial charge in [0.15, 0.2) is 11.5 Å². The second-order valence-electron chi connectivity index (χ2n) is 5.51. The summed E-state index contributed by atoms with van der Waals surface area (Å²) in [5.74, 6) is 1.05. The molecular weight excluding hydrogens is 363 g/mol. The molecule has 2 aliphatic rings. The predicted molar refractivity (Wildman–Crippen MR) is 98.1 cm³/mol. The van der Waals surface area contributed by atoms with Crippen molar-refractivity contribution in [3.63, 3.8) is 0 Å². The van der Waals surface area contributed by atoms with Crippen LogP contribution in [-0.4, -0.2) is 25.0 Å². The molecule has 2 aliphatic heterocycles. The Kier molecular flexibility index (Phi) is 4.11. The van der Waals surface area contributed by atoms with Gasteiger partial charge in [-0.15, -0.1) is 0 Å². The second kappa shape index (κ2) is 6.43. The molecule has 0 spiro atoms. The smallest absolute Gasteiger partial charge is 0.246 e. The van der Waals surface area contributed by atoms with Crippen LogP contribution in [0.3, 0.4) is 0 Å². The summed E-state index contributed by atoms with van der Waals surface area (Å²) >= 11 is 12.0. The fraction of sp³-hybridized carbons (Fsp3) is 0.111. The molecule has 4 rings (SSSR count). The number of hydrogen-bond donors (Lipinski definition) is 1. The molecule has 5 nitrogen and oxygen atoms in total. The van der Waals surface area contributed by atoms with Crippen LogP contribution in [0.1, 0.15) is 11.1 Å². The SMILES string of the molecule is O=C1CN=C(/C=C/c2ccc(Cl)c(Cl)c2)c2cc3c(cc2N1)OCO3. The molecule has 1 N–H and O–H groups in total. The van der Waals surface area contributed by atoms with Crippen molar-refractivity contribution in [1.29, 1.82) is 0 Å². The molecular formula is C18H12Cl2N2O3. The van der Waals surface area contributed by atoms with Gasteiger partial charge >= 0.3 is 0 Å². The van der Waals surface area contributed by atoms with Gasteiger partial charge in [-0.2, -0.15) is 0 Å². The third-order valence-corrected chi connectivity index (χ3v) is 4.57. The van der Waals surface area contributed by atoms with Crippen molar-refractivity contribution in [3.05, 3.63) is 57.6 Å². The highest BCUT2D eigenvalue weighted by atomic mass is 35.5. The normalized spacial score (nSPS) is 15.6. The van der Waals surface area contributed by atoms with E-state index < -0.39 is 0 Å². The molecule has 1 amide bonds. The lowest BCUT2D eigenvalue weighted by Gasteiger charge is -2.09. The summed E-state index contributed by atoms with van der Waals surface area (Å²) in [6.07, 6.45) is 3.70. The highest BCUT2D eigenvalue weighted by molar-refractivity contribution is 6.42. The molecule has 0 saturated carbocycles. The van der Waals surface area contributed by atoms with Crippen molar-refractivity contribution in [3.8, 4) is 11.5 Å². The fourth-order valence-electron chi connectivity index (χ4n) is 2.62. The van der Waals surface area contributed by atoms with Gasteiger partial charge in [0.1, 0.15) is 6.54 Å². The summed E-state index contributed by atoms with van der Waals surface area (Å²) in [5.41, 5.74) is 2.95. The molecule has 0 saturated heterocycles. The first-order valence-corrected chi connectivity index (χ1v) is 8.27. The van der Waals surface area contributed by atoms with Crippen molar-refractivity contribution >= 4 is 46.6 Å². The van der Waals surface area contributed by atoms with Crippen LogP contribution in [-0.2, 0) is 4.79 Å². The number of carbonyl (C=O) groups excluding carboxylic acids is 1. The molecule has 2 aromatic rings. The fourth-order valence-corrected chi connectivity index (χ4v) is 2.93. The highest BCUT2D eigenvalue weighted by Gasteiger charge is 2.22. The van der Waals surface area contributed by atoms with Gasteiger partial charge in [-0.05, 0) is 29.8 Å². The number of ether oxygens (including phenoxy) is 2. The van der Waals surface area contributed by atoms with Crippen LogP contribution < -0.4 is 14.8 Å². The number of amides is 1. The van der Waals surface area contributed by atoms with E-state index in [4.69, 9.17) is 32.7 Å². The lowest BCUT2D eigenvalue weighted by atomic mass is 10.0. The van der Waals surface area contributed by atoms with Crippen molar-refractivity contribution < 1.29 is 14.3 Å². The first-order valence-electron chi connectivity index (χ1n) is 7.51. The van der Waals surface area contributed by atoms with Gasteiger partial charge in [-0.1, -0.05) is 35.3 Å². The zero-order chi connectivity index (χ0) is 17.4. The topological polar surface area (TPSA) is 59.9 Å². The minimum Gasteiger partial charge on any atom is -0.454 e. The minimum atomic E-state index is -0.182. The Hall–Kier alpha value is -2.50. The van der Waals surface area contributed by atoms with Gasteiger partial charge in [0, 0.05) is 11.6 Å². The molecule has 2 heterocycles. The molecule has 126 valence electrons. The minimum absolute atomic E-state index is 0.0438. The Morgan fingerprint density at radius 1 is 1.04 bits per heavy atom. The maximum Gasteiger partial charge on any atom is 0.246 e. The average molecular weight is 375 g/mol. The summed E-state index contributed by atoms with van der Waals surface area (Å²) in [6.45, 7) is 0.208. The van der Waals surface area contributed by atoms with E-state index in [1.54, 1.807) is 18.2 Å². The van der Waals surface area contributed by atoms with Crippen molar-refractivity contribution in [2.75, 3.05) is 18.7 Å². The van der Waals surface area contributed by atoms with Crippen LogP contribution in [0.25, 0.3) is 6.08 Å². The molecule has 2 aromatic carbocycles. The summed E-state index contributed by atoms with van der Waals surface area (Å²) in [4.78, 5) is 16.3. The van der Waals surface area contributed by atoms with Crippen LogP contribution in [0.5, 0.6) is 11.5 Å². The quantitative estimate of drug-likeness (QED) is 0.857. The standard InChI is InChI=1S/C18H12Cl2N2O3/c19-12-3-1-10(5-13(12)20)2-4-14-11-6-16-17(25-9-24-16)7-15(11)22-18(23)8-21-14/h1-7H,8-9H2,(H,22,23)/b4-2+. The Balaban J connectivity index is 1.73. The highest BCUT2D eigenvalue weighted by Crippen LogP contribution is 2.38. The van der Waals surface area contributed by atoms with Crippen LogP contribution in [0.15, 0.2) is 41.4 Å². The number of anilines is 1. The van der Waals surface area contributed by atoms with E-state index in [0.29, 0.717) is 32.9 Å². The van der Waals surface area contributed by atoms with Crippen molar-refractivity contribution in [2.45, 2.75) is 0 Å². The lowest BCUT2D eigenvalue weighted by molar-refractivity contribution is -0.114. The number of nitrogens with one attached hydrogen (secondary N) is 1. The lowest BCUT2D eigenvalue weighted by Crippen LogP contribution is -2.13. The third kappa shape index (κ3) is 3.21. The number of benzene rings is 2. The molecule has 0 aliphatic carbocycles. The zero-order valence-electron chi connectivity index (χ0n) is 12.9. The van der Waals surface area contributed by atoms with Gasteiger partial charge in [0.05, 0.1) is 21.4 Å². The molecule has 0 fully saturated rings. The summed E-state index contributed by atoms with van der Waals surface area (Å²) in [5, 5.41) is 3.81. The number of nitrogens with zero attached hydrogens (tertiary/aromatic N) is 1. The average Bonchev–Trinajstić information content (AvgIpc) is 2.98. The van der Waals surface area contributed by atoms with Crippen molar-refractivity contribution in [1.82, 2.24) is 0 Å². The monoisotopic (exact) mass is 374 g/mol. The van der Waals surface area contributed by atoms with Crippen LogP contribution in [0.4, 0.5) is 5.69 Å². The first-order chi connectivity index (χ1) is 12.1. The van der Waals surface area contributed by atoms with Crippen LogP contribution in [0, 0.1) is 0 Å². The molecule has 0 unspecified atom stereocenters. The number of aliphatic imine (C=N–C) groups is 1. The van der Waals surface area contributed by atoms with Gasteiger partial charge in [-0.25, -0.2) is 0 Å². The van der Waals surface area contributed by atoms with Crippen molar-refractivity contribution in [2.24, 2.45) is 4.99 Å². The molecule has 0 atom stereocenters. The number of rotatable bonds is 2. The summed E-state index contributed by atoms with van der Waals surface area (Å²) < 4.78 is 10.8. The molecule has 7 heteroatoms. The largest absolute Gasteiger partial charge is 0.454 e. The summed E-state index contributed by atoms with van der Waals surface area (Å²) in [7, 11) is 0. The third-order valence-electron chi connectivity index (χ3n) is 3.83. The molecule has 0 aromatic heterocycles. The van der Waals surface area contributed by atoms with Gasteiger partial charge in [0.25, 0.3) is 0 Å². The Morgan fingerprint density at radius 3 is 2.64 bits per heavy atom. The van der Waals surface area contributed by atoms with E-state index in [1.165, 1.54) is 0 Å². The van der Waals surface area contributed by atoms with E-state index >= 15 is 0 Å². The Labute approximate surface area is 153 Å². The number of halogens is 2. The second-order valence-corrected chi connectivity index (χ2v) is 6.32. The number of hydrogen-bond acceptors (Lipinski definition) is 4. The predicted octanol–water partition coefficient (Wildman–Crippen LogP) is 4.18. The van der Waals surface area contributed by atoms with Crippen LogP contribution >= 0.6 is 23.2 Å². The zero-order valence-corrected chi connectivity index (χ0v) is 14.4. The van der Waals surface area contributed by atoms with E-state index in [9.17, 15) is 4.79 Å². The first kappa shape index (κ1) is 16.0. The maximum atomic E-state index is 11.9. The van der Waals surface area contributed by atoms with Crippen LogP contribution in [0.2, 0.25) is 10.0 Å². The van der Waals surface area contributed by atoms with Gasteiger partial charge in [-0.3, -0.25) is 9.79 Å². The van der Waals surface area contributed by atoms with E-state index in [1.807, 2.05) is 24.3 Å². The number of carbonyl (C=O) groups is 1. The number of fused-ring (bicyclic) bond motifs is 2. The maximum absolute atomic E-state index is 11.9. The molecule has 0 radical (unpaired) electrons. The Bertz CT molecular complexity index is 938. The summed E-state index contributed by atoms with van der Waals surface area (Å²) in [6, 6.07) is 8.92. The van der Waals surface area contributed by atoms with E-state index in [-0.39, 0.29) is 19.2 Å². The van der Waals surface area contributed by atoms with E-state index in [0.717, 1.165) is 11.1 Å². The Morgan fingerprint density at radius 2 is 1.84 bits per heavy atom. The van der Waals surface area contributed by atoms with E-state index in [2.05, 4.69) is 10.3 Å². The van der Waals surface area contributed by atoms with Gasteiger partial charge in [0.2, 0.25) is 12.7 Å². The molecule has 0 bridgehead atoms. The van der Waals surface area contributed by atoms with Gasteiger partial charge < -0.3 is 14.8 Å². The number of allylic oxidation sites excluding steroid dienone is 1. The molecule has 25 heavy (non-hydrogen) atoms.